The first-order valence-corrected chi connectivity index (χ1v) is 5.97. The zero-order valence-electron chi connectivity index (χ0n) is 9.78. The van der Waals surface area contributed by atoms with Gasteiger partial charge in [0.1, 0.15) is 17.6 Å². The van der Waals surface area contributed by atoms with Crippen molar-refractivity contribution >= 4 is 5.97 Å². The highest BCUT2D eigenvalue weighted by molar-refractivity contribution is 5.72. The van der Waals surface area contributed by atoms with Crippen molar-refractivity contribution in [3.05, 3.63) is 36.4 Å². The van der Waals surface area contributed by atoms with Crippen LogP contribution in [0.25, 0.3) is 11.4 Å². The maximum Gasteiger partial charge on any atom is 0.326 e. The molecule has 1 unspecified atom stereocenters. The molecule has 18 heavy (non-hydrogen) atoms. The van der Waals surface area contributed by atoms with Gasteiger partial charge in [-0.15, -0.1) is 0 Å². The van der Waals surface area contributed by atoms with Crippen LogP contribution in [-0.2, 0) is 11.2 Å². The summed E-state index contributed by atoms with van der Waals surface area (Å²) in [6, 6.07) is 5.14. The van der Waals surface area contributed by atoms with Crippen LogP contribution >= 0.6 is 0 Å². The fourth-order valence-corrected chi connectivity index (χ4v) is 2.36. The summed E-state index contributed by atoms with van der Waals surface area (Å²) in [7, 11) is 0. The number of carboxylic acids is 1. The topological polar surface area (TPSA) is 68.0 Å². The number of imidazole rings is 1. The van der Waals surface area contributed by atoms with Crippen LogP contribution in [0.4, 0.5) is 0 Å². The number of fused-ring (bicyclic) bond motifs is 1. The summed E-state index contributed by atoms with van der Waals surface area (Å²) in [6.45, 7) is 0. The minimum Gasteiger partial charge on any atom is -0.480 e. The summed E-state index contributed by atoms with van der Waals surface area (Å²) in [4.78, 5) is 19.9. The monoisotopic (exact) mass is 243 g/mol. The molecule has 2 aromatic rings. The molecule has 0 fully saturated rings. The molecule has 5 heteroatoms. The predicted molar refractivity (Wildman–Crippen MR) is 65.1 cm³/mol. The van der Waals surface area contributed by atoms with E-state index in [0.29, 0.717) is 6.42 Å². The van der Waals surface area contributed by atoms with E-state index in [0.717, 1.165) is 30.1 Å². The van der Waals surface area contributed by atoms with Gasteiger partial charge in [0, 0.05) is 18.8 Å². The Kier molecular flexibility index (Phi) is 2.59. The third kappa shape index (κ3) is 1.77. The third-order valence-electron chi connectivity index (χ3n) is 3.24. The number of aliphatic carboxylic acids is 1. The summed E-state index contributed by atoms with van der Waals surface area (Å²) < 4.78 is 1.77. The zero-order chi connectivity index (χ0) is 12.5. The Morgan fingerprint density at radius 1 is 1.39 bits per heavy atom. The van der Waals surface area contributed by atoms with Crippen LogP contribution in [0.1, 0.15) is 24.7 Å². The Balaban J connectivity index is 2.04. The first kappa shape index (κ1) is 11.0. The molecule has 1 aliphatic rings. The highest BCUT2D eigenvalue weighted by atomic mass is 16.4. The summed E-state index contributed by atoms with van der Waals surface area (Å²) in [5.74, 6) is 0.0511. The van der Waals surface area contributed by atoms with Crippen molar-refractivity contribution in [3.63, 3.8) is 0 Å². The molecule has 2 aromatic heterocycles. The van der Waals surface area contributed by atoms with Gasteiger partial charge in [-0.3, -0.25) is 4.98 Å². The maximum atomic E-state index is 11.2. The highest BCUT2D eigenvalue weighted by Crippen LogP contribution is 2.27. The quantitative estimate of drug-likeness (QED) is 0.874. The average Bonchev–Trinajstić information content (AvgIpc) is 2.83. The van der Waals surface area contributed by atoms with Gasteiger partial charge in [-0.05, 0) is 25.0 Å². The molecule has 0 amide bonds. The van der Waals surface area contributed by atoms with Crippen molar-refractivity contribution in [1.82, 2.24) is 14.5 Å². The Morgan fingerprint density at radius 2 is 2.28 bits per heavy atom. The van der Waals surface area contributed by atoms with Crippen molar-refractivity contribution in [1.29, 1.82) is 0 Å². The molecule has 0 saturated heterocycles. The zero-order valence-corrected chi connectivity index (χ0v) is 9.78. The van der Waals surface area contributed by atoms with E-state index in [4.69, 9.17) is 0 Å². The highest BCUT2D eigenvalue weighted by Gasteiger charge is 2.27. The molecule has 1 atom stereocenters. The van der Waals surface area contributed by atoms with Crippen LogP contribution < -0.4 is 0 Å². The summed E-state index contributed by atoms with van der Waals surface area (Å²) in [5, 5.41) is 9.20. The second kappa shape index (κ2) is 4.25. The lowest BCUT2D eigenvalue weighted by Gasteiger charge is -2.20. The molecule has 92 valence electrons. The molecule has 0 saturated carbocycles. The molecule has 0 aliphatic carbocycles. The molecular weight excluding hydrogens is 230 g/mol. The van der Waals surface area contributed by atoms with Gasteiger partial charge in [-0.1, -0.05) is 6.07 Å². The Morgan fingerprint density at radius 3 is 3.00 bits per heavy atom. The number of rotatable bonds is 2. The fourth-order valence-electron chi connectivity index (χ4n) is 2.36. The molecule has 1 aliphatic heterocycles. The largest absolute Gasteiger partial charge is 0.480 e. The average molecular weight is 243 g/mol. The van der Waals surface area contributed by atoms with Gasteiger partial charge < -0.3 is 9.67 Å². The summed E-state index contributed by atoms with van der Waals surface area (Å²) in [5.41, 5.74) is 1.53. The van der Waals surface area contributed by atoms with Crippen molar-refractivity contribution in [2.75, 3.05) is 0 Å². The van der Waals surface area contributed by atoms with Crippen LogP contribution in [0.5, 0.6) is 0 Å². The summed E-state index contributed by atoms with van der Waals surface area (Å²) in [6.07, 6.45) is 5.88. The standard InChI is InChI=1S/C13H13N3O2/c17-13(18)11-5-3-6-12-15-10(8-16(11)12)9-4-1-2-7-14-9/h1-2,4,7-8,11H,3,5-6H2,(H,17,18). The second-order valence-corrected chi connectivity index (χ2v) is 4.41. The number of pyridine rings is 1. The van der Waals surface area contributed by atoms with E-state index in [-0.39, 0.29) is 0 Å². The number of aromatic nitrogens is 3. The Labute approximate surface area is 104 Å². The van der Waals surface area contributed by atoms with E-state index in [1.54, 1.807) is 17.0 Å². The van der Waals surface area contributed by atoms with Gasteiger partial charge in [-0.2, -0.15) is 0 Å². The minimum atomic E-state index is -0.791. The van der Waals surface area contributed by atoms with E-state index in [9.17, 15) is 9.90 Å². The Bertz CT molecular complexity index is 577. The normalized spacial score (nSPS) is 18.3. The first-order chi connectivity index (χ1) is 8.75. The van der Waals surface area contributed by atoms with E-state index < -0.39 is 12.0 Å². The number of nitrogens with zero attached hydrogens (tertiary/aromatic N) is 3. The minimum absolute atomic E-state index is 0.487. The van der Waals surface area contributed by atoms with Gasteiger partial charge in [0.05, 0.1) is 5.69 Å². The van der Waals surface area contributed by atoms with Crippen molar-refractivity contribution in [2.45, 2.75) is 25.3 Å². The van der Waals surface area contributed by atoms with Crippen molar-refractivity contribution in [2.24, 2.45) is 0 Å². The molecular formula is C13H13N3O2. The number of hydrogen-bond donors (Lipinski definition) is 1. The van der Waals surface area contributed by atoms with E-state index in [1.165, 1.54) is 0 Å². The van der Waals surface area contributed by atoms with Gasteiger partial charge in [0.2, 0.25) is 0 Å². The molecule has 1 N–H and O–H groups in total. The molecule has 0 spiro atoms. The molecule has 5 nitrogen and oxygen atoms in total. The number of aryl methyl sites for hydroxylation is 1. The molecule has 0 aromatic carbocycles. The van der Waals surface area contributed by atoms with Crippen LogP contribution in [-0.4, -0.2) is 25.6 Å². The summed E-state index contributed by atoms with van der Waals surface area (Å²) >= 11 is 0. The van der Waals surface area contributed by atoms with Gasteiger partial charge >= 0.3 is 5.97 Å². The smallest absolute Gasteiger partial charge is 0.326 e. The number of carboxylic acid groups (broad SMARTS) is 1. The number of hydrogen-bond acceptors (Lipinski definition) is 3. The Hall–Kier alpha value is -2.17. The molecule has 0 radical (unpaired) electrons. The van der Waals surface area contributed by atoms with E-state index >= 15 is 0 Å². The first-order valence-electron chi connectivity index (χ1n) is 5.97. The lowest BCUT2D eigenvalue weighted by Crippen LogP contribution is -2.24. The fraction of sp³-hybridized carbons (Fsp3) is 0.308. The van der Waals surface area contributed by atoms with Gasteiger partial charge in [0.15, 0.2) is 0 Å². The van der Waals surface area contributed by atoms with Crippen LogP contribution in [0, 0.1) is 0 Å². The van der Waals surface area contributed by atoms with Crippen LogP contribution in [0.3, 0.4) is 0 Å². The predicted octanol–water partition coefficient (Wildman–Crippen LogP) is 1.91. The number of carbonyl (C=O) groups is 1. The lowest BCUT2D eigenvalue weighted by molar-refractivity contribution is -0.141. The van der Waals surface area contributed by atoms with Crippen molar-refractivity contribution < 1.29 is 9.90 Å². The SMILES string of the molecule is O=C(O)C1CCCc2nc(-c3ccccn3)cn21. The molecule has 0 bridgehead atoms. The van der Waals surface area contributed by atoms with Gasteiger partial charge in [0.25, 0.3) is 0 Å². The van der Waals surface area contributed by atoms with E-state index in [1.807, 2.05) is 18.2 Å². The molecule has 3 rings (SSSR count). The van der Waals surface area contributed by atoms with Gasteiger partial charge in [-0.25, -0.2) is 9.78 Å². The second-order valence-electron chi connectivity index (χ2n) is 4.41. The third-order valence-corrected chi connectivity index (χ3v) is 3.24. The van der Waals surface area contributed by atoms with Crippen molar-refractivity contribution in [3.8, 4) is 11.4 Å². The van der Waals surface area contributed by atoms with Crippen LogP contribution in [0.2, 0.25) is 0 Å². The van der Waals surface area contributed by atoms with E-state index in [2.05, 4.69) is 9.97 Å². The van der Waals surface area contributed by atoms with Crippen LogP contribution in [0.15, 0.2) is 30.6 Å². The maximum absolute atomic E-state index is 11.2. The lowest BCUT2D eigenvalue weighted by atomic mass is 10.1. The molecule has 3 heterocycles.